The summed E-state index contributed by atoms with van der Waals surface area (Å²) < 4.78 is 5.30. The van der Waals surface area contributed by atoms with Crippen molar-refractivity contribution in [2.75, 3.05) is 14.7 Å². The Kier molecular flexibility index (Phi) is 10.7. The Labute approximate surface area is 517 Å². The van der Waals surface area contributed by atoms with Crippen LogP contribution in [0.15, 0.2) is 164 Å². The van der Waals surface area contributed by atoms with Crippen LogP contribution in [0.1, 0.15) is 173 Å². The predicted octanol–water partition coefficient (Wildman–Crippen LogP) is 20.9. The average molecular weight is 1160 g/mol. The zero-order valence-electron chi connectivity index (χ0n) is 52.6. The van der Waals surface area contributed by atoms with Crippen molar-refractivity contribution in [1.29, 1.82) is 0 Å². The zero-order chi connectivity index (χ0) is 59.1. The second kappa shape index (κ2) is 17.4. The van der Waals surface area contributed by atoms with Gasteiger partial charge in [-0.15, -0.1) is 22.7 Å². The largest absolute Gasteiger partial charge is 0.334 e. The molecule has 3 nitrogen and oxygen atoms in total. The molecule has 11 aromatic rings. The maximum Gasteiger partial charge on any atom is 0.252 e. The molecule has 3 aliphatic carbocycles. The molecule has 2 atom stereocenters. The minimum atomic E-state index is -0.264. The molecule has 9 aromatic carbocycles. The Morgan fingerprint density at radius 1 is 0.395 bits per heavy atom. The Bertz CT molecular complexity index is 4790. The summed E-state index contributed by atoms with van der Waals surface area (Å²) in [6.07, 6.45) is 7.02. The van der Waals surface area contributed by atoms with Gasteiger partial charge in [0.05, 0.1) is 16.9 Å². The third-order valence-electron chi connectivity index (χ3n) is 23.3. The van der Waals surface area contributed by atoms with Crippen molar-refractivity contribution < 1.29 is 0 Å². The zero-order valence-corrected chi connectivity index (χ0v) is 54.2. The van der Waals surface area contributed by atoms with Gasteiger partial charge < -0.3 is 14.7 Å². The van der Waals surface area contributed by atoms with Gasteiger partial charge in [-0.1, -0.05) is 193 Å². The van der Waals surface area contributed by atoms with Gasteiger partial charge in [-0.05, 0) is 176 Å². The van der Waals surface area contributed by atoms with Crippen molar-refractivity contribution in [2.45, 2.75) is 167 Å². The maximum absolute atomic E-state index is 2.89. The van der Waals surface area contributed by atoms with Gasteiger partial charge in [0.15, 0.2) is 0 Å². The van der Waals surface area contributed by atoms with Gasteiger partial charge in [-0.3, -0.25) is 0 Å². The fourth-order valence-electron chi connectivity index (χ4n) is 18.1. The van der Waals surface area contributed by atoms with Crippen molar-refractivity contribution >= 4 is 132 Å². The quantitative estimate of drug-likeness (QED) is 0.163. The van der Waals surface area contributed by atoms with Crippen LogP contribution in [0.4, 0.5) is 45.5 Å². The molecule has 428 valence electrons. The summed E-state index contributed by atoms with van der Waals surface area (Å²) in [5.41, 5.74) is 25.4. The van der Waals surface area contributed by atoms with Crippen molar-refractivity contribution in [3.8, 4) is 0 Å². The van der Waals surface area contributed by atoms with Gasteiger partial charge in [-0.25, -0.2) is 0 Å². The minimum Gasteiger partial charge on any atom is -0.334 e. The summed E-state index contributed by atoms with van der Waals surface area (Å²) in [4.78, 5) is 8.49. The van der Waals surface area contributed by atoms with Crippen LogP contribution >= 0.6 is 22.7 Å². The molecule has 6 heteroatoms. The number of hydrogen-bond donors (Lipinski definition) is 0. The highest BCUT2D eigenvalue weighted by Crippen LogP contribution is 2.63. The lowest BCUT2D eigenvalue weighted by atomic mass is 9.32. The number of thiophene rings is 2. The van der Waals surface area contributed by atoms with Crippen LogP contribution in [-0.2, 0) is 32.5 Å². The van der Waals surface area contributed by atoms with Crippen LogP contribution < -0.4 is 31.1 Å². The monoisotopic (exact) mass is 1160 g/mol. The van der Waals surface area contributed by atoms with E-state index in [1.165, 1.54) is 160 Å². The van der Waals surface area contributed by atoms with Crippen LogP contribution in [0.5, 0.6) is 0 Å². The third-order valence-corrected chi connectivity index (χ3v) is 25.5. The molecule has 0 bridgehead atoms. The SMILES string of the molecule is CC(C)(C)c1ccc2c(c1)C1(C)CCCCC1(C)N2c1cc2c3c(c1)N(c1cccc4sc5ccccc5c14)c1cc4c(cc1B3c1cc3c(cc1N2c1cccc2sc5ccccc5c12)C(C)(C)CCC3(C)C)C(C)(C)c1ccccc1C4(C)C. The van der Waals surface area contributed by atoms with Gasteiger partial charge in [-0.2, -0.15) is 0 Å². The van der Waals surface area contributed by atoms with Crippen LogP contribution in [0, 0.1) is 0 Å². The van der Waals surface area contributed by atoms with Crippen molar-refractivity contribution in [2.24, 2.45) is 0 Å². The molecule has 3 aliphatic heterocycles. The van der Waals surface area contributed by atoms with Crippen molar-refractivity contribution in [3.63, 3.8) is 0 Å². The van der Waals surface area contributed by atoms with Crippen LogP contribution in [-0.4, -0.2) is 12.3 Å². The molecule has 1 fully saturated rings. The molecule has 0 saturated heterocycles. The first-order chi connectivity index (χ1) is 41.0. The highest BCUT2D eigenvalue weighted by Gasteiger charge is 2.59. The summed E-state index contributed by atoms with van der Waals surface area (Å²) in [6.45, 7) is 32.4. The Hall–Kier alpha value is -7.12. The highest BCUT2D eigenvalue weighted by atomic mass is 32.1. The molecule has 2 unspecified atom stereocenters. The Morgan fingerprint density at radius 3 is 1.43 bits per heavy atom. The molecule has 0 spiro atoms. The molecule has 0 N–H and O–H groups in total. The first-order valence-electron chi connectivity index (χ1n) is 32.0. The second-order valence-electron chi connectivity index (χ2n) is 30.6. The van der Waals surface area contributed by atoms with E-state index in [-0.39, 0.29) is 44.7 Å². The summed E-state index contributed by atoms with van der Waals surface area (Å²) in [5.74, 6) is 0. The lowest BCUT2D eigenvalue weighted by Crippen LogP contribution is -2.62. The number of fused-ring (bicyclic) bond motifs is 16. The molecular formula is C80H78BN3S2. The van der Waals surface area contributed by atoms with Crippen LogP contribution in [0.3, 0.4) is 0 Å². The Balaban J connectivity index is 1.07. The molecule has 0 amide bonds. The van der Waals surface area contributed by atoms with Gasteiger partial charge in [0, 0.05) is 90.7 Å². The molecule has 5 heterocycles. The maximum atomic E-state index is 2.89. The average Bonchev–Trinajstić information content (AvgIpc) is 0.886. The molecule has 1 saturated carbocycles. The highest BCUT2D eigenvalue weighted by molar-refractivity contribution is 7.26. The van der Waals surface area contributed by atoms with E-state index in [2.05, 4.69) is 269 Å². The van der Waals surface area contributed by atoms with E-state index in [1.54, 1.807) is 0 Å². The second-order valence-corrected chi connectivity index (χ2v) is 32.8. The fourth-order valence-corrected chi connectivity index (χ4v) is 20.4. The Morgan fingerprint density at radius 2 is 0.872 bits per heavy atom. The van der Waals surface area contributed by atoms with E-state index in [0.29, 0.717) is 0 Å². The van der Waals surface area contributed by atoms with Crippen molar-refractivity contribution in [3.05, 3.63) is 208 Å². The first-order valence-corrected chi connectivity index (χ1v) is 33.7. The number of rotatable bonds is 3. The van der Waals surface area contributed by atoms with Gasteiger partial charge in [0.25, 0.3) is 6.71 Å². The number of anilines is 8. The molecule has 86 heavy (non-hydrogen) atoms. The molecule has 6 aliphatic rings. The van der Waals surface area contributed by atoms with Crippen molar-refractivity contribution in [1.82, 2.24) is 0 Å². The first kappa shape index (κ1) is 53.2. The number of benzene rings is 9. The number of hydrogen-bond acceptors (Lipinski definition) is 5. The number of nitrogens with zero attached hydrogens (tertiary/aromatic N) is 3. The molecule has 0 radical (unpaired) electrons. The van der Waals surface area contributed by atoms with Crippen LogP contribution in [0.2, 0.25) is 0 Å². The molecular weight excluding hydrogens is 1080 g/mol. The van der Waals surface area contributed by atoms with Crippen LogP contribution in [0.25, 0.3) is 40.3 Å². The van der Waals surface area contributed by atoms with E-state index in [9.17, 15) is 0 Å². The fraction of sp³-hybridized carbons (Fsp3) is 0.325. The van der Waals surface area contributed by atoms with E-state index in [0.717, 1.165) is 25.7 Å². The van der Waals surface area contributed by atoms with Gasteiger partial charge in [0.1, 0.15) is 0 Å². The lowest BCUT2D eigenvalue weighted by molar-refractivity contribution is 0.195. The summed E-state index contributed by atoms with van der Waals surface area (Å²) in [6, 6.07) is 66.0. The predicted molar refractivity (Wildman–Crippen MR) is 374 cm³/mol. The summed E-state index contributed by atoms with van der Waals surface area (Å²) in [7, 11) is 0. The standard InChI is InChI=1S/C80H78BN3S2/c1-74(2,3)47-34-35-60-57(40-47)79(12)36-20-21-37-80(79,13)84(60)48-41-65-73-66(42-48)83(62-29-23-33-70-72(62)50-25-15-19-31-68(50)86-70)64-46-56-55(77(8,9)51-26-16-17-27-52(51)78(56,10)11)44-59(64)81(73)58-43-53-54(76(6,7)39-38-75(53,4)5)45-63(58)82(65)61-28-22-32-69-71(61)49-24-14-18-30-67(49)85-69/h14-19,22-35,40-46H,20-21,36-39H2,1-13H3. The normalized spacial score (nSPS) is 21.6. The van der Waals surface area contributed by atoms with Gasteiger partial charge >= 0.3 is 0 Å². The molecule has 17 rings (SSSR count). The van der Waals surface area contributed by atoms with E-state index < -0.39 is 0 Å². The van der Waals surface area contributed by atoms with E-state index >= 15 is 0 Å². The lowest BCUT2D eigenvalue weighted by Gasteiger charge is -2.52. The molecule has 2 aromatic heterocycles. The minimum absolute atomic E-state index is 0.00982. The van der Waals surface area contributed by atoms with E-state index in [4.69, 9.17) is 0 Å². The summed E-state index contributed by atoms with van der Waals surface area (Å²) in [5, 5.41) is 5.30. The summed E-state index contributed by atoms with van der Waals surface area (Å²) >= 11 is 3.86. The van der Waals surface area contributed by atoms with E-state index in [1.807, 2.05) is 22.7 Å². The smallest absolute Gasteiger partial charge is 0.252 e. The topological polar surface area (TPSA) is 9.72 Å². The van der Waals surface area contributed by atoms with Gasteiger partial charge in [0.2, 0.25) is 0 Å². The third kappa shape index (κ3) is 6.87.